The maximum Gasteiger partial charge on any atom is 0.315 e. The number of rotatable bonds is 7. The number of halogens is 1. The number of urea groups is 1. The zero-order valence-corrected chi connectivity index (χ0v) is 18.7. The van der Waals surface area contributed by atoms with Crippen molar-refractivity contribution in [2.24, 2.45) is 0 Å². The van der Waals surface area contributed by atoms with Crippen LogP contribution in [0.3, 0.4) is 0 Å². The molecular formula is C22H28ClN3O3S. The highest BCUT2D eigenvalue weighted by Crippen LogP contribution is 2.24. The molecule has 0 saturated carbocycles. The summed E-state index contributed by atoms with van der Waals surface area (Å²) in [6, 6.07) is 13.7. The average Bonchev–Trinajstić information content (AvgIpc) is 2.77. The van der Waals surface area contributed by atoms with Gasteiger partial charge in [0.25, 0.3) is 0 Å². The van der Waals surface area contributed by atoms with Crippen LogP contribution in [0.2, 0.25) is 5.02 Å². The van der Waals surface area contributed by atoms with Gasteiger partial charge in [-0.3, -0.25) is 0 Å². The van der Waals surface area contributed by atoms with Crippen LogP contribution in [0.15, 0.2) is 53.4 Å². The van der Waals surface area contributed by atoms with Gasteiger partial charge in [0.05, 0.1) is 10.9 Å². The SMILES string of the molecule is CCC(NC(=O)NCc1ccccc1S(=O)(=O)N1CCCCC1)c1ccc(Cl)cc1. The van der Waals surface area contributed by atoms with Crippen LogP contribution in [0.4, 0.5) is 4.79 Å². The van der Waals surface area contributed by atoms with E-state index in [0.717, 1.165) is 31.2 Å². The summed E-state index contributed by atoms with van der Waals surface area (Å²) in [6.07, 6.45) is 3.53. The zero-order chi connectivity index (χ0) is 21.6. The van der Waals surface area contributed by atoms with E-state index in [1.165, 1.54) is 0 Å². The van der Waals surface area contributed by atoms with Gasteiger partial charge < -0.3 is 10.6 Å². The van der Waals surface area contributed by atoms with E-state index in [9.17, 15) is 13.2 Å². The van der Waals surface area contributed by atoms with Crippen molar-refractivity contribution in [2.45, 2.75) is 50.1 Å². The molecule has 8 heteroatoms. The van der Waals surface area contributed by atoms with Crippen LogP contribution in [0.5, 0.6) is 0 Å². The van der Waals surface area contributed by atoms with Crippen molar-refractivity contribution in [1.82, 2.24) is 14.9 Å². The van der Waals surface area contributed by atoms with Gasteiger partial charge in [-0.25, -0.2) is 13.2 Å². The Kier molecular flexibility index (Phi) is 7.75. The second kappa shape index (κ2) is 10.3. The van der Waals surface area contributed by atoms with Crippen molar-refractivity contribution < 1.29 is 13.2 Å². The van der Waals surface area contributed by atoms with Gasteiger partial charge in [-0.15, -0.1) is 0 Å². The van der Waals surface area contributed by atoms with E-state index < -0.39 is 10.0 Å². The van der Waals surface area contributed by atoms with Crippen LogP contribution in [0.1, 0.15) is 49.8 Å². The zero-order valence-electron chi connectivity index (χ0n) is 17.1. The van der Waals surface area contributed by atoms with Gasteiger partial charge in [-0.1, -0.05) is 55.3 Å². The largest absolute Gasteiger partial charge is 0.334 e. The van der Waals surface area contributed by atoms with Gasteiger partial charge in [0.1, 0.15) is 0 Å². The quantitative estimate of drug-likeness (QED) is 0.654. The number of piperidine rings is 1. The molecule has 2 aromatic rings. The van der Waals surface area contributed by atoms with Crippen LogP contribution in [-0.4, -0.2) is 31.8 Å². The predicted molar refractivity (Wildman–Crippen MR) is 119 cm³/mol. The molecule has 30 heavy (non-hydrogen) atoms. The first-order valence-corrected chi connectivity index (χ1v) is 12.1. The molecule has 0 spiro atoms. The Labute approximate surface area is 183 Å². The molecule has 1 fully saturated rings. The summed E-state index contributed by atoms with van der Waals surface area (Å²) in [4.78, 5) is 12.7. The summed E-state index contributed by atoms with van der Waals surface area (Å²) in [5, 5.41) is 6.39. The summed E-state index contributed by atoms with van der Waals surface area (Å²) in [5.74, 6) is 0. The van der Waals surface area contributed by atoms with E-state index in [-0.39, 0.29) is 23.5 Å². The third kappa shape index (κ3) is 5.53. The lowest BCUT2D eigenvalue weighted by molar-refractivity contribution is 0.236. The predicted octanol–water partition coefficient (Wildman–Crippen LogP) is 4.47. The maximum absolute atomic E-state index is 13.1. The molecule has 1 aliphatic rings. The number of nitrogens with zero attached hydrogens (tertiary/aromatic N) is 1. The minimum Gasteiger partial charge on any atom is -0.334 e. The highest BCUT2D eigenvalue weighted by Gasteiger charge is 2.28. The standard InChI is InChI=1S/C22H28ClN3O3S/c1-2-20(17-10-12-19(23)13-11-17)25-22(27)24-16-18-8-4-5-9-21(18)30(28,29)26-14-6-3-7-15-26/h4-5,8-13,20H,2-3,6-7,14-16H2,1H3,(H2,24,25,27). The number of sulfonamides is 1. The van der Waals surface area contributed by atoms with E-state index >= 15 is 0 Å². The molecule has 0 bridgehead atoms. The van der Waals surface area contributed by atoms with E-state index in [1.54, 1.807) is 40.7 Å². The molecule has 2 amide bonds. The Balaban J connectivity index is 1.67. The van der Waals surface area contributed by atoms with E-state index in [0.29, 0.717) is 23.7 Å². The fraction of sp³-hybridized carbons (Fsp3) is 0.409. The maximum atomic E-state index is 13.1. The molecule has 1 saturated heterocycles. The minimum atomic E-state index is -3.57. The Bertz CT molecular complexity index is 958. The molecule has 2 N–H and O–H groups in total. The van der Waals surface area contributed by atoms with Gasteiger partial charge >= 0.3 is 6.03 Å². The van der Waals surface area contributed by atoms with Gasteiger partial charge in [0.15, 0.2) is 0 Å². The van der Waals surface area contributed by atoms with Gasteiger partial charge in [-0.2, -0.15) is 4.31 Å². The van der Waals surface area contributed by atoms with Crippen molar-refractivity contribution in [1.29, 1.82) is 0 Å². The lowest BCUT2D eigenvalue weighted by atomic mass is 10.1. The smallest absolute Gasteiger partial charge is 0.315 e. The van der Waals surface area contributed by atoms with E-state index in [4.69, 9.17) is 11.6 Å². The average molecular weight is 450 g/mol. The molecule has 0 aromatic heterocycles. The highest BCUT2D eigenvalue weighted by molar-refractivity contribution is 7.89. The Morgan fingerprint density at radius 3 is 2.40 bits per heavy atom. The van der Waals surface area contributed by atoms with Crippen molar-refractivity contribution in [2.75, 3.05) is 13.1 Å². The molecule has 1 heterocycles. The van der Waals surface area contributed by atoms with Crippen molar-refractivity contribution in [3.05, 3.63) is 64.7 Å². The van der Waals surface area contributed by atoms with Crippen LogP contribution in [0, 0.1) is 0 Å². The molecule has 0 aliphatic carbocycles. The molecule has 162 valence electrons. The molecule has 3 rings (SSSR count). The topological polar surface area (TPSA) is 78.5 Å². The number of nitrogens with one attached hydrogen (secondary N) is 2. The third-order valence-corrected chi connectivity index (χ3v) is 7.58. The van der Waals surface area contributed by atoms with Crippen molar-refractivity contribution in [3.63, 3.8) is 0 Å². The molecule has 2 aromatic carbocycles. The third-order valence-electron chi connectivity index (χ3n) is 5.33. The van der Waals surface area contributed by atoms with Crippen molar-refractivity contribution >= 4 is 27.7 Å². The molecule has 1 unspecified atom stereocenters. The number of carbonyl (C=O) groups is 1. The Morgan fingerprint density at radius 1 is 1.07 bits per heavy atom. The lowest BCUT2D eigenvalue weighted by Gasteiger charge is -2.27. The number of hydrogen-bond donors (Lipinski definition) is 2. The fourth-order valence-electron chi connectivity index (χ4n) is 3.65. The molecule has 1 aliphatic heterocycles. The van der Waals surface area contributed by atoms with Crippen LogP contribution in [0.25, 0.3) is 0 Å². The van der Waals surface area contributed by atoms with Gasteiger partial charge in [0, 0.05) is 24.7 Å². The summed E-state index contributed by atoms with van der Waals surface area (Å²) in [7, 11) is -3.57. The van der Waals surface area contributed by atoms with E-state index in [1.807, 2.05) is 19.1 Å². The molecule has 6 nitrogen and oxygen atoms in total. The fourth-order valence-corrected chi connectivity index (χ4v) is 5.51. The van der Waals surface area contributed by atoms with Gasteiger partial charge in [-0.05, 0) is 48.6 Å². The second-order valence-electron chi connectivity index (χ2n) is 7.41. The molecule has 0 radical (unpaired) electrons. The van der Waals surface area contributed by atoms with Crippen LogP contribution < -0.4 is 10.6 Å². The number of hydrogen-bond acceptors (Lipinski definition) is 3. The summed E-state index contributed by atoms with van der Waals surface area (Å²) in [5.41, 5.74) is 1.54. The lowest BCUT2D eigenvalue weighted by Crippen LogP contribution is -2.38. The minimum absolute atomic E-state index is 0.131. The van der Waals surface area contributed by atoms with Crippen LogP contribution in [-0.2, 0) is 16.6 Å². The first-order chi connectivity index (χ1) is 14.4. The van der Waals surface area contributed by atoms with E-state index in [2.05, 4.69) is 10.6 Å². The number of benzene rings is 2. The monoisotopic (exact) mass is 449 g/mol. The first kappa shape index (κ1) is 22.6. The normalized spacial score (nSPS) is 16.1. The Morgan fingerprint density at radius 2 is 1.73 bits per heavy atom. The second-order valence-corrected chi connectivity index (χ2v) is 9.75. The molecule has 1 atom stereocenters. The number of amides is 2. The number of carbonyl (C=O) groups excluding carboxylic acids is 1. The Hall–Kier alpha value is -2.09. The molecular weight excluding hydrogens is 422 g/mol. The summed E-state index contributed by atoms with van der Waals surface area (Å²) >= 11 is 5.94. The highest BCUT2D eigenvalue weighted by atomic mass is 35.5. The summed E-state index contributed by atoms with van der Waals surface area (Å²) < 4.78 is 27.7. The summed E-state index contributed by atoms with van der Waals surface area (Å²) in [6.45, 7) is 3.21. The van der Waals surface area contributed by atoms with Crippen LogP contribution >= 0.6 is 11.6 Å². The van der Waals surface area contributed by atoms with Gasteiger partial charge in [0.2, 0.25) is 10.0 Å². The van der Waals surface area contributed by atoms with Crippen molar-refractivity contribution in [3.8, 4) is 0 Å². The first-order valence-electron chi connectivity index (χ1n) is 10.3.